The lowest BCUT2D eigenvalue weighted by Crippen LogP contribution is -2.48. The maximum atomic E-state index is 12.0. The van der Waals surface area contributed by atoms with Crippen molar-refractivity contribution < 1.29 is 44.4 Å². The van der Waals surface area contributed by atoms with Crippen molar-refractivity contribution in [1.82, 2.24) is 14.8 Å². The number of anilines is 1. The maximum absolute atomic E-state index is 12.0. The molecular weight excluding hydrogens is 466 g/mol. The summed E-state index contributed by atoms with van der Waals surface area (Å²) in [5.74, 6) is -4.22. The number of carbonyl (C=O) groups excluding carboxylic acids is 2. The summed E-state index contributed by atoms with van der Waals surface area (Å²) in [5, 5.41) is 33.8. The molecule has 3 heterocycles. The van der Waals surface area contributed by atoms with Crippen molar-refractivity contribution >= 4 is 35.7 Å². The van der Waals surface area contributed by atoms with E-state index in [1.165, 1.54) is 4.90 Å². The number of carbonyl (C=O) groups is 5. The summed E-state index contributed by atoms with van der Waals surface area (Å²) in [7, 11) is 1.95. The fourth-order valence-corrected chi connectivity index (χ4v) is 3.74. The molecule has 0 atom stereocenters. The normalized spacial score (nSPS) is 16.1. The molecule has 6 N–H and O–H groups in total. The van der Waals surface area contributed by atoms with E-state index in [4.69, 9.17) is 26.2 Å². The van der Waals surface area contributed by atoms with Crippen molar-refractivity contribution in [3.8, 4) is 0 Å². The van der Waals surface area contributed by atoms with Crippen molar-refractivity contribution in [2.75, 3.05) is 38.1 Å². The zero-order chi connectivity index (χ0) is 26.3. The Hall–Kier alpha value is -3.78. The first kappa shape index (κ1) is 27.5. The summed E-state index contributed by atoms with van der Waals surface area (Å²) >= 11 is 0. The summed E-state index contributed by atoms with van der Waals surface area (Å²) in [6.45, 7) is 3.28. The van der Waals surface area contributed by atoms with Crippen LogP contribution in [0.4, 0.5) is 10.6 Å². The number of likely N-dealkylation sites (N-methyl/N-ethyl adjacent to an activating group) is 1. The van der Waals surface area contributed by atoms with Crippen LogP contribution < -0.4 is 10.6 Å². The van der Waals surface area contributed by atoms with Crippen LogP contribution in [0.25, 0.3) is 0 Å². The third-order valence-corrected chi connectivity index (χ3v) is 5.52. The van der Waals surface area contributed by atoms with Gasteiger partial charge in [0.25, 0.3) is 0 Å². The SMILES string of the molecule is CN1CCN(Cc2cnc3c(c2)CCCN3C(N)=O)C(=O)C1.O=C(O)CC(O)(CC(=O)O)C(=O)O. The summed E-state index contributed by atoms with van der Waals surface area (Å²) in [6, 6.07) is 1.58. The number of primary amides is 1. The molecule has 0 aliphatic carbocycles. The molecule has 0 spiro atoms. The van der Waals surface area contributed by atoms with E-state index in [0.717, 1.165) is 37.1 Å². The molecule has 0 aromatic carbocycles. The first-order valence-electron chi connectivity index (χ1n) is 10.7. The first-order valence-corrected chi connectivity index (χ1v) is 10.7. The van der Waals surface area contributed by atoms with Crippen LogP contribution in [0, 0.1) is 0 Å². The van der Waals surface area contributed by atoms with Crippen LogP contribution in [0.15, 0.2) is 12.3 Å². The molecule has 1 saturated heterocycles. The summed E-state index contributed by atoms with van der Waals surface area (Å²) < 4.78 is 0. The molecule has 192 valence electrons. The van der Waals surface area contributed by atoms with E-state index in [1.807, 2.05) is 22.9 Å². The number of aliphatic hydroxyl groups is 1. The molecule has 1 fully saturated rings. The van der Waals surface area contributed by atoms with Gasteiger partial charge in [0.15, 0.2) is 5.60 Å². The van der Waals surface area contributed by atoms with Crippen molar-refractivity contribution in [1.29, 1.82) is 0 Å². The average Bonchev–Trinajstić information content (AvgIpc) is 2.74. The second kappa shape index (κ2) is 11.6. The van der Waals surface area contributed by atoms with E-state index in [0.29, 0.717) is 25.5 Å². The predicted molar refractivity (Wildman–Crippen MR) is 119 cm³/mol. The van der Waals surface area contributed by atoms with Gasteiger partial charge in [-0.25, -0.2) is 14.6 Å². The lowest BCUT2D eigenvalue weighted by molar-refractivity contribution is -0.170. The highest BCUT2D eigenvalue weighted by Gasteiger charge is 2.40. The van der Waals surface area contributed by atoms with Gasteiger partial charge in [-0.2, -0.15) is 0 Å². The van der Waals surface area contributed by atoms with Gasteiger partial charge in [-0.15, -0.1) is 0 Å². The molecule has 0 bridgehead atoms. The minimum Gasteiger partial charge on any atom is -0.481 e. The minimum atomic E-state index is -2.74. The summed E-state index contributed by atoms with van der Waals surface area (Å²) in [6.07, 6.45) is 1.22. The zero-order valence-electron chi connectivity index (χ0n) is 19.2. The number of piperazine rings is 1. The molecular formula is C21H29N5O9. The van der Waals surface area contributed by atoms with Crippen LogP contribution in [0.5, 0.6) is 0 Å². The van der Waals surface area contributed by atoms with Crippen LogP contribution in [0.2, 0.25) is 0 Å². The molecule has 2 aliphatic rings. The second-order valence-electron chi connectivity index (χ2n) is 8.45. The Morgan fingerprint density at radius 2 is 1.71 bits per heavy atom. The molecule has 14 nitrogen and oxygen atoms in total. The largest absolute Gasteiger partial charge is 0.481 e. The number of rotatable bonds is 7. The van der Waals surface area contributed by atoms with Gasteiger partial charge in [0, 0.05) is 32.4 Å². The van der Waals surface area contributed by atoms with E-state index >= 15 is 0 Å². The van der Waals surface area contributed by atoms with E-state index in [9.17, 15) is 24.0 Å². The average molecular weight is 495 g/mol. The number of hydrogen-bond acceptors (Lipinski definition) is 8. The van der Waals surface area contributed by atoms with Gasteiger partial charge in [0.1, 0.15) is 5.82 Å². The van der Waals surface area contributed by atoms with Gasteiger partial charge in [-0.1, -0.05) is 0 Å². The fourth-order valence-electron chi connectivity index (χ4n) is 3.74. The number of carboxylic acid groups (broad SMARTS) is 3. The quantitative estimate of drug-likeness (QED) is 0.307. The molecule has 35 heavy (non-hydrogen) atoms. The highest BCUT2D eigenvalue weighted by Crippen LogP contribution is 2.26. The number of amides is 3. The second-order valence-corrected chi connectivity index (χ2v) is 8.45. The lowest BCUT2D eigenvalue weighted by atomic mass is 9.96. The first-order chi connectivity index (χ1) is 16.3. The third-order valence-electron chi connectivity index (χ3n) is 5.52. The lowest BCUT2D eigenvalue weighted by Gasteiger charge is -2.32. The van der Waals surface area contributed by atoms with Gasteiger partial charge in [-0.05, 0) is 37.1 Å². The standard InChI is InChI=1S/C15H21N5O2.C6H8O7/c1-18-5-6-19(13(21)10-18)9-11-7-12-3-2-4-20(15(16)22)14(12)17-8-11;7-3(8)1-6(13,5(11)12)2-4(9)10/h7-8H,2-6,9-10H2,1H3,(H2,16,22);13H,1-2H2,(H,7,8)(H,9,10)(H,11,12). The van der Waals surface area contributed by atoms with Crippen molar-refractivity contribution in [3.05, 3.63) is 23.4 Å². The molecule has 0 radical (unpaired) electrons. The van der Waals surface area contributed by atoms with Gasteiger partial charge < -0.3 is 31.1 Å². The Labute approximate surface area is 200 Å². The van der Waals surface area contributed by atoms with Crippen molar-refractivity contribution in [2.45, 2.75) is 37.8 Å². The molecule has 1 aromatic heterocycles. The zero-order valence-corrected chi connectivity index (χ0v) is 19.2. The summed E-state index contributed by atoms with van der Waals surface area (Å²) in [5.41, 5.74) is 4.69. The Morgan fingerprint density at radius 1 is 1.09 bits per heavy atom. The highest BCUT2D eigenvalue weighted by molar-refractivity contribution is 5.91. The highest BCUT2D eigenvalue weighted by atomic mass is 16.4. The number of carboxylic acids is 3. The van der Waals surface area contributed by atoms with E-state index in [1.54, 1.807) is 6.20 Å². The van der Waals surface area contributed by atoms with E-state index in [2.05, 4.69) is 4.98 Å². The topological polar surface area (TPSA) is 215 Å². The molecule has 1 aromatic rings. The Balaban J connectivity index is 0.000000287. The van der Waals surface area contributed by atoms with Gasteiger partial charge in [0.05, 0.1) is 19.4 Å². The molecule has 0 unspecified atom stereocenters. The van der Waals surface area contributed by atoms with Crippen LogP contribution in [0.1, 0.15) is 30.4 Å². The monoisotopic (exact) mass is 495 g/mol. The molecule has 2 aliphatic heterocycles. The predicted octanol–water partition coefficient (Wildman–Crippen LogP) is -1.06. The molecule has 0 saturated carbocycles. The number of fused-ring (bicyclic) bond motifs is 1. The number of aromatic nitrogens is 1. The molecule has 3 rings (SSSR count). The third kappa shape index (κ3) is 7.61. The molecule has 14 heteroatoms. The van der Waals surface area contributed by atoms with Crippen molar-refractivity contribution in [2.24, 2.45) is 5.73 Å². The van der Waals surface area contributed by atoms with Crippen LogP contribution in [-0.2, 0) is 32.1 Å². The van der Waals surface area contributed by atoms with Crippen LogP contribution >= 0.6 is 0 Å². The van der Waals surface area contributed by atoms with Crippen LogP contribution in [0.3, 0.4) is 0 Å². The number of aliphatic carboxylic acids is 3. The van der Waals surface area contributed by atoms with Gasteiger partial charge >= 0.3 is 23.9 Å². The van der Waals surface area contributed by atoms with E-state index < -0.39 is 42.4 Å². The number of aryl methyl sites for hydroxylation is 1. The Kier molecular flexibility index (Phi) is 9.08. The number of nitrogens with zero attached hydrogens (tertiary/aromatic N) is 4. The smallest absolute Gasteiger partial charge is 0.336 e. The number of pyridine rings is 1. The van der Waals surface area contributed by atoms with Crippen molar-refractivity contribution in [3.63, 3.8) is 0 Å². The van der Waals surface area contributed by atoms with Gasteiger partial charge in [-0.3, -0.25) is 24.2 Å². The fraction of sp³-hybridized carbons (Fsp3) is 0.524. The number of urea groups is 1. The number of hydrogen-bond donors (Lipinski definition) is 5. The Morgan fingerprint density at radius 3 is 2.23 bits per heavy atom. The summed E-state index contributed by atoms with van der Waals surface area (Å²) in [4.78, 5) is 63.8. The molecule has 3 amide bonds. The minimum absolute atomic E-state index is 0.144. The van der Waals surface area contributed by atoms with Gasteiger partial charge in [0.2, 0.25) is 5.91 Å². The Bertz CT molecular complexity index is 983. The van der Waals surface area contributed by atoms with Crippen LogP contribution in [-0.4, -0.2) is 104 Å². The number of nitrogens with two attached hydrogens (primary N) is 1. The maximum Gasteiger partial charge on any atom is 0.336 e. The van der Waals surface area contributed by atoms with E-state index in [-0.39, 0.29) is 5.91 Å².